The van der Waals surface area contributed by atoms with Gasteiger partial charge in [0.1, 0.15) is 0 Å². The van der Waals surface area contributed by atoms with Crippen LogP contribution >= 0.6 is 0 Å². The minimum Gasteiger partial charge on any atom is -0.478 e. The zero-order chi connectivity index (χ0) is 15.0. The SMILES string of the molecule is O=C(O)c1cc(-c2ccc3c(c2)OCO3)cc([N+](=O)[O-])c1. The van der Waals surface area contributed by atoms with E-state index in [1.807, 2.05) is 0 Å². The van der Waals surface area contributed by atoms with E-state index >= 15 is 0 Å². The highest BCUT2D eigenvalue weighted by Gasteiger charge is 2.17. The number of hydrogen-bond donors (Lipinski definition) is 1. The summed E-state index contributed by atoms with van der Waals surface area (Å²) in [5, 5.41) is 20.0. The second-order valence-electron chi connectivity index (χ2n) is 4.40. The fourth-order valence-corrected chi connectivity index (χ4v) is 2.08. The van der Waals surface area contributed by atoms with Crippen molar-refractivity contribution in [1.82, 2.24) is 0 Å². The lowest BCUT2D eigenvalue weighted by Gasteiger charge is -2.05. The Morgan fingerprint density at radius 2 is 1.86 bits per heavy atom. The summed E-state index contributed by atoms with van der Waals surface area (Å²) in [6.45, 7) is 0.119. The van der Waals surface area contributed by atoms with Gasteiger partial charge in [-0.1, -0.05) is 6.07 Å². The van der Waals surface area contributed by atoms with Crippen molar-refractivity contribution in [3.63, 3.8) is 0 Å². The van der Waals surface area contributed by atoms with Crippen LogP contribution in [0.1, 0.15) is 10.4 Å². The minimum atomic E-state index is -1.22. The Labute approximate surface area is 118 Å². The second-order valence-corrected chi connectivity index (χ2v) is 4.40. The number of rotatable bonds is 3. The summed E-state index contributed by atoms with van der Waals surface area (Å²) in [5.41, 5.74) is 0.629. The van der Waals surface area contributed by atoms with E-state index in [1.165, 1.54) is 12.1 Å². The summed E-state index contributed by atoms with van der Waals surface area (Å²) in [4.78, 5) is 21.4. The molecular formula is C14H9NO6. The van der Waals surface area contributed by atoms with Crippen LogP contribution in [0.15, 0.2) is 36.4 Å². The van der Waals surface area contributed by atoms with E-state index < -0.39 is 10.9 Å². The van der Waals surface area contributed by atoms with Gasteiger partial charge in [-0.2, -0.15) is 0 Å². The zero-order valence-corrected chi connectivity index (χ0v) is 10.6. The van der Waals surface area contributed by atoms with E-state index in [0.717, 1.165) is 6.07 Å². The number of non-ortho nitro benzene ring substituents is 1. The largest absolute Gasteiger partial charge is 0.478 e. The fourth-order valence-electron chi connectivity index (χ4n) is 2.08. The summed E-state index contributed by atoms with van der Waals surface area (Å²) >= 11 is 0. The van der Waals surface area contributed by atoms with Gasteiger partial charge in [-0.3, -0.25) is 10.1 Å². The molecule has 0 radical (unpaired) electrons. The summed E-state index contributed by atoms with van der Waals surface area (Å²) in [6, 6.07) is 8.76. The molecule has 2 aromatic rings. The third kappa shape index (κ3) is 2.36. The first kappa shape index (κ1) is 12.9. The molecule has 1 aliphatic rings. The maximum atomic E-state index is 11.1. The predicted octanol–water partition coefficient (Wildman–Crippen LogP) is 2.69. The molecule has 7 heteroatoms. The number of nitro benzene ring substituents is 1. The van der Waals surface area contributed by atoms with Crippen molar-refractivity contribution in [2.75, 3.05) is 6.79 Å². The molecule has 0 spiro atoms. The highest BCUT2D eigenvalue weighted by atomic mass is 16.7. The molecule has 0 amide bonds. The van der Waals surface area contributed by atoms with Gasteiger partial charge in [-0.05, 0) is 29.3 Å². The van der Waals surface area contributed by atoms with Crippen LogP contribution < -0.4 is 9.47 Å². The minimum absolute atomic E-state index is 0.119. The van der Waals surface area contributed by atoms with E-state index in [9.17, 15) is 14.9 Å². The number of benzene rings is 2. The maximum Gasteiger partial charge on any atom is 0.335 e. The van der Waals surface area contributed by atoms with Gasteiger partial charge in [-0.15, -0.1) is 0 Å². The molecular weight excluding hydrogens is 278 g/mol. The Bertz CT molecular complexity index is 723. The molecule has 1 N–H and O–H groups in total. The van der Waals surface area contributed by atoms with Crippen molar-refractivity contribution in [2.24, 2.45) is 0 Å². The number of nitro groups is 1. The summed E-state index contributed by atoms with van der Waals surface area (Å²) < 4.78 is 10.4. The van der Waals surface area contributed by atoms with Crippen LogP contribution in [-0.2, 0) is 0 Å². The number of carboxylic acids is 1. The first-order valence-electron chi connectivity index (χ1n) is 5.97. The van der Waals surface area contributed by atoms with Gasteiger partial charge in [0, 0.05) is 12.1 Å². The lowest BCUT2D eigenvalue weighted by Crippen LogP contribution is -1.99. The van der Waals surface area contributed by atoms with E-state index in [-0.39, 0.29) is 18.0 Å². The molecule has 21 heavy (non-hydrogen) atoms. The quantitative estimate of drug-likeness (QED) is 0.688. The fraction of sp³-hybridized carbons (Fsp3) is 0.0714. The van der Waals surface area contributed by atoms with Gasteiger partial charge in [-0.25, -0.2) is 4.79 Å². The molecule has 1 aliphatic heterocycles. The van der Waals surface area contributed by atoms with Crippen molar-refractivity contribution in [2.45, 2.75) is 0 Å². The summed E-state index contributed by atoms with van der Waals surface area (Å²) in [6.07, 6.45) is 0. The molecule has 0 aliphatic carbocycles. The van der Waals surface area contributed by atoms with Gasteiger partial charge >= 0.3 is 5.97 Å². The van der Waals surface area contributed by atoms with Crippen molar-refractivity contribution < 1.29 is 24.3 Å². The molecule has 0 aromatic heterocycles. The maximum absolute atomic E-state index is 11.1. The molecule has 0 saturated carbocycles. The molecule has 3 rings (SSSR count). The monoisotopic (exact) mass is 287 g/mol. The third-order valence-electron chi connectivity index (χ3n) is 3.08. The number of carboxylic acid groups (broad SMARTS) is 1. The molecule has 1 heterocycles. The number of aromatic carboxylic acids is 1. The highest BCUT2D eigenvalue weighted by Crippen LogP contribution is 2.36. The van der Waals surface area contributed by atoms with Crippen LogP contribution in [0, 0.1) is 10.1 Å². The first-order valence-corrected chi connectivity index (χ1v) is 5.97. The number of fused-ring (bicyclic) bond motifs is 1. The molecule has 7 nitrogen and oxygen atoms in total. The number of hydrogen-bond acceptors (Lipinski definition) is 5. The lowest BCUT2D eigenvalue weighted by atomic mass is 10.0. The van der Waals surface area contributed by atoms with Crippen LogP contribution in [0.25, 0.3) is 11.1 Å². The molecule has 2 aromatic carbocycles. The molecule has 0 unspecified atom stereocenters. The summed E-state index contributed by atoms with van der Waals surface area (Å²) in [5.74, 6) is -0.112. The molecule has 0 atom stereocenters. The Balaban J connectivity index is 2.13. The van der Waals surface area contributed by atoms with Crippen LogP contribution in [0.5, 0.6) is 11.5 Å². The van der Waals surface area contributed by atoms with Gasteiger partial charge in [0.25, 0.3) is 5.69 Å². The van der Waals surface area contributed by atoms with Crippen molar-refractivity contribution in [3.8, 4) is 22.6 Å². The topological polar surface area (TPSA) is 98.9 Å². The predicted molar refractivity (Wildman–Crippen MR) is 71.6 cm³/mol. The van der Waals surface area contributed by atoms with Crippen LogP contribution in [-0.4, -0.2) is 22.8 Å². The Morgan fingerprint density at radius 1 is 1.10 bits per heavy atom. The van der Waals surface area contributed by atoms with E-state index in [0.29, 0.717) is 22.6 Å². The normalized spacial score (nSPS) is 12.2. The Morgan fingerprint density at radius 3 is 2.57 bits per heavy atom. The highest BCUT2D eigenvalue weighted by molar-refractivity contribution is 5.90. The van der Waals surface area contributed by atoms with Gasteiger partial charge in [0.15, 0.2) is 11.5 Å². The Hall–Kier alpha value is -3.09. The van der Waals surface area contributed by atoms with E-state index in [1.54, 1.807) is 18.2 Å². The van der Waals surface area contributed by atoms with Crippen LogP contribution in [0.3, 0.4) is 0 Å². The molecule has 0 fully saturated rings. The van der Waals surface area contributed by atoms with Crippen molar-refractivity contribution in [3.05, 3.63) is 52.1 Å². The third-order valence-corrected chi connectivity index (χ3v) is 3.08. The molecule has 0 bridgehead atoms. The van der Waals surface area contributed by atoms with Gasteiger partial charge in [0.05, 0.1) is 10.5 Å². The number of carbonyl (C=O) groups is 1. The average molecular weight is 287 g/mol. The van der Waals surface area contributed by atoms with Gasteiger partial charge < -0.3 is 14.6 Å². The first-order chi connectivity index (χ1) is 10.0. The smallest absolute Gasteiger partial charge is 0.335 e. The van der Waals surface area contributed by atoms with E-state index in [2.05, 4.69) is 0 Å². The lowest BCUT2D eigenvalue weighted by molar-refractivity contribution is -0.384. The number of ether oxygens (including phenoxy) is 2. The van der Waals surface area contributed by atoms with Crippen molar-refractivity contribution >= 4 is 11.7 Å². The molecule has 0 saturated heterocycles. The molecule has 106 valence electrons. The second kappa shape index (κ2) is 4.78. The summed E-state index contributed by atoms with van der Waals surface area (Å²) in [7, 11) is 0. The van der Waals surface area contributed by atoms with Gasteiger partial charge in [0.2, 0.25) is 6.79 Å². The van der Waals surface area contributed by atoms with Crippen molar-refractivity contribution in [1.29, 1.82) is 0 Å². The van der Waals surface area contributed by atoms with Crippen LogP contribution in [0.4, 0.5) is 5.69 Å². The van der Waals surface area contributed by atoms with Crippen LogP contribution in [0.2, 0.25) is 0 Å². The van der Waals surface area contributed by atoms with E-state index in [4.69, 9.17) is 14.6 Å². The average Bonchev–Trinajstić information content (AvgIpc) is 2.94. The Kier molecular flexibility index (Phi) is 2.94. The zero-order valence-electron chi connectivity index (χ0n) is 10.6. The standard InChI is InChI=1S/C14H9NO6/c16-14(17)10-3-9(4-11(5-10)15(18)19)8-1-2-12-13(6-8)21-7-20-12/h1-6H,7H2,(H,16,17). The number of nitrogens with zero attached hydrogens (tertiary/aromatic N) is 1.